The molecule has 0 aliphatic carbocycles. The summed E-state index contributed by atoms with van der Waals surface area (Å²) in [6.45, 7) is 10.1. The van der Waals surface area contributed by atoms with E-state index in [1.807, 2.05) is 26.0 Å². The molecule has 0 saturated carbocycles. The van der Waals surface area contributed by atoms with Crippen LogP contribution in [0.2, 0.25) is 0 Å². The largest absolute Gasteiger partial charge is 0.300 e. The highest BCUT2D eigenvalue weighted by Crippen LogP contribution is 2.27. The first kappa shape index (κ1) is 28.5. The molecular formula is C25H37F2N3O. The van der Waals surface area contributed by atoms with Crippen LogP contribution in [0.5, 0.6) is 0 Å². The van der Waals surface area contributed by atoms with Gasteiger partial charge >= 0.3 is 0 Å². The van der Waals surface area contributed by atoms with Crippen LogP contribution in [0.1, 0.15) is 84.8 Å². The molecule has 31 heavy (non-hydrogen) atoms. The van der Waals surface area contributed by atoms with Crippen LogP contribution in [0, 0.1) is 0 Å². The summed E-state index contributed by atoms with van der Waals surface area (Å²) in [5.74, 6) is -2.41. The Kier molecular flexibility index (Phi) is 14.9. The number of unbranched alkanes of at least 4 members (excludes halogenated alkanes) is 4. The van der Waals surface area contributed by atoms with Crippen molar-refractivity contribution in [2.75, 3.05) is 0 Å². The maximum absolute atomic E-state index is 13.1. The lowest BCUT2D eigenvalue weighted by Crippen LogP contribution is -2.06. The van der Waals surface area contributed by atoms with E-state index in [0.717, 1.165) is 25.2 Å². The van der Waals surface area contributed by atoms with Gasteiger partial charge in [-0.05, 0) is 56.5 Å². The molecule has 0 bridgehead atoms. The summed E-state index contributed by atoms with van der Waals surface area (Å²) in [5, 5.41) is 8.10. The van der Waals surface area contributed by atoms with Crippen molar-refractivity contribution >= 4 is 17.3 Å². The van der Waals surface area contributed by atoms with Gasteiger partial charge in [0, 0.05) is 18.7 Å². The van der Waals surface area contributed by atoms with Gasteiger partial charge < -0.3 is 4.79 Å². The number of ketones is 1. The van der Waals surface area contributed by atoms with Crippen LogP contribution in [0.15, 0.2) is 52.8 Å². The summed E-state index contributed by atoms with van der Waals surface area (Å²) >= 11 is 0. The Morgan fingerprint density at radius 2 is 1.52 bits per heavy atom. The maximum atomic E-state index is 13.1. The summed E-state index contributed by atoms with van der Waals surface area (Å²) in [7, 11) is 0. The number of aromatic nitrogens is 1. The van der Waals surface area contributed by atoms with Crippen LogP contribution in [0.4, 0.5) is 20.3 Å². The number of hydrogen-bond acceptors (Lipinski definition) is 4. The quantitative estimate of drug-likeness (QED) is 0.293. The zero-order valence-corrected chi connectivity index (χ0v) is 19.8. The van der Waals surface area contributed by atoms with Crippen molar-refractivity contribution in [3.63, 3.8) is 0 Å². The normalized spacial score (nSPS) is 10.7. The molecule has 0 atom stereocenters. The monoisotopic (exact) mass is 433 g/mol. The second-order valence-corrected chi connectivity index (χ2v) is 7.23. The number of nitrogens with zero attached hydrogens (tertiary/aromatic N) is 3. The summed E-state index contributed by atoms with van der Waals surface area (Å²) in [6, 6.07) is 10.7. The molecule has 0 radical (unpaired) electrons. The predicted octanol–water partition coefficient (Wildman–Crippen LogP) is 8.74. The number of alkyl halides is 2. The van der Waals surface area contributed by atoms with Gasteiger partial charge in [0.1, 0.15) is 5.78 Å². The van der Waals surface area contributed by atoms with Crippen molar-refractivity contribution in [2.45, 2.75) is 86.0 Å². The molecule has 0 aliphatic rings. The van der Waals surface area contributed by atoms with E-state index in [1.165, 1.54) is 63.6 Å². The third-order valence-corrected chi connectivity index (χ3v) is 4.03. The number of rotatable bonds is 9. The van der Waals surface area contributed by atoms with Gasteiger partial charge in [-0.3, -0.25) is 0 Å². The molecular weight excluding hydrogens is 396 g/mol. The molecule has 0 fully saturated rings. The van der Waals surface area contributed by atoms with Crippen molar-refractivity contribution < 1.29 is 13.6 Å². The summed E-state index contributed by atoms with van der Waals surface area (Å²) in [6.07, 6.45) is 8.57. The van der Waals surface area contributed by atoms with E-state index in [0.29, 0.717) is 5.82 Å². The summed E-state index contributed by atoms with van der Waals surface area (Å²) < 4.78 is 26.3. The molecule has 2 rings (SSSR count). The highest BCUT2D eigenvalue weighted by Gasteiger charge is 2.24. The van der Waals surface area contributed by atoms with E-state index in [2.05, 4.69) is 34.3 Å². The molecule has 0 aliphatic heterocycles. The van der Waals surface area contributed by atoms with Crippen molar-refractivity contribution in [1.82, 2.24) is 4.98 Å². The number of pyridine rings is 1. The zero-order chi connectivity index (χ0) is 23.7. The van der Waals surface area contributed by atoms with Gasteiger partial charge in [0.15, 0.2) is 5.82 Å². The number of azo groups is 1. The average Bonchev–Trinajstić information content (AvgIpc) is 2.74. The molecule has 1 aromatic carbocycles. The molecule has 1 aromatic heterocycles. The van der Waals surface area contributed by atoms with Crippen LogP contribution in [-0.4, -0.2) is 10.8 Å². The minimum atomic E-state index is -2.89. The molecule has 4 nitrogen and oxygen atoms in total. The van der Waals surface area contributed by atoms with E-state index >= 15 is 0 Å². The lowest BCUT2D eigenvalue weighted by atomic mass is 10.1. The van der Waals surface area contributed by atoms with Crippen LogP contribution >= 0.6 is 0 Å². The minimum Gasteiger partial charge on any atom is -0.300 e. The fourth-order valence-electron chi connectivity index (χ4n) is 2.48. The first-order valence-electron chi connectivity index (χ1n) is 11.0. The average molecular weight is 434 g/mol. The van der Waals surface area contributed by atoms with Gasteiger partial charge in [-0.15, -0.1) is 10.2 Å². The van der Waals surface area contributed by atoms with Crippen LogP contribution < -0.4 is 0 Å². The molecule has 0 amide bonds. The Morgan fingerprint density at radius 1 is 0.935 bits per heavy atom. The highest BCUT2D eigenvalue weighted by molar-refractivity contribution is 5.72. The van der Waals surface area contributed by atoms with Crippen molar-refractivity contribution in [2.24, 2.45) is 10.2 Å². The fourth-order valence-corrected chi connectivity index (χ4v) is 2.48. The summed E-state index contributed by atoms with van der Waals surface area (Å²) in [4.78, 5) is 13.3. The molecule has 2 aromatic rings. The van der Waals surface area contributed by atoms with Gasteiger partial charge in [-0.2, -0.15) is 0 Å². The number of aryl methyl sites for hydroxylation is 1. The first-order valence-corrected chi connectivity index (χ1v) is 11.0. The lowest BCUT2D eigenvalue weighted by molar-refractivity contribution is -0.115. The van der Waals surface area contributed by atoms with Gasteiger partial charge in [0.05, 0.1) is 5.69 Å². The predicted molar refractivity (Wildman–Crippen MR) is 125 cm³/mol. The number of hydrogen-bond donors (Lipinski definition) is 0. The Balaban J connectivity index is 0.00000134. The lowest BCUT2D eigenvalue weighted by Gasteiger charge is -2.08. The molecule has 0 unspecified atom stereocenters. The molecule has 172 valence electrons. The second-order valence-electron chi connectivity index (χ2n) is 7.23. The van der Waals surface area contributed by atoms with Gasteiger partial charge in [-0.25, -0.2) is 13.8 Å². The van der Waals surface area contributed by atoms with Crippen LogP contribution in [0.25, 0.3) is 0 Å². The number of halogens is 2. The number of carbonyl (C=O) groups is 1. The van der Waals surface area contributed by atoms with Crippen molar-refractivity contribution in [1.29, 1.82) is 0 Å². The maximum Gasteiger partial charge on any atom is 0.272 e. The molecule has 0 N–H and O–H groups in total. The molecule has 0 saturated heterocycles. The smallest absolute Gasteiger partial charge is 0.272 e. The van der Waals surface area contributed by atoms with Gasteiger partial charge in [0.2, 0.25) is 0 Å². The van der Waals surface area contributed by atoms with E-state index in [9.17, 15) is 13.6 Å². The highest BCUT2D eigenvalue weighted by atomic mass is 19.3. The molecule has 6 heteroatoms. The van der Waals surface area contributed by atoms with E-state index < -0.39 is 5.92 Å². The van der Waals surface area contributed by atoms with E-state index in [4.69, 9.17) is 0 Å². The zero-order valence-electron chi connectivity index (χ0n) is 19.8. The third kappa shape index (κ3) is 14.2. The first-order chi connectivity index (χ1) is 14.7. The second kappa shape index (κ2) is 16.2. The SMILES string of the molecule is CC.CC(C)=O.CCCCCCCc1ccc(N=Nc2ccc(C(C)(F)F)cn2)cc1. The third-order valence-electron chi connectivity index (χ3n) is 4.03. The Bertz CT molecular complexity index is 748. The van der Waals surface area contributed by atoms with E-state index in [1.54, 1.807) is 0 Å². The Morgan fingerprint density at radius 3 is 2.00 bits per heavy atom. The Hall–Kier alpha value is -2.50. The topological polar surface area (TPSA) is 54.7 Å². The van der Waals surface area contributed by atoms with Gasteiger partial charge in [-0.1, -0.05) is 58.6 Å². The Labute approximate surface area is 186 Å². The van der Waals surface area contributed by atoms with Gasteiger partial charge in [0.25, 0.3) is 5.92 Å². The summed E-state index contributed by atoms with van der Waals surface area (Å²) in [5.41, 5.74) is 1.89. The van der Waals surface area contributed by atoms with E-state index in [-0.39, 0.29) is 11.3 Å². The minimum absolute atomic E-state index is 0.130. The van der Waals surface area contributed by atoms with Crippen molar-refractivity contribution in [3.8, 4) is 0 Å². The molecule has 0 spiro atoms. The van der Waals surface area contributed by atoms with Crippen LogP contribution in [-0.2, 0) is 17.1 Å². The number of carbonyl (C=O) groups excluding carboxylic acids is 1. The number of benzene rings is 1. The van der Waals surface area contributed by atoms with Crippen LogP contribution in [0.3, 0.4) is 0 Å². The number of Topliss-reactive ketones (excluding diaryl/α,β-unsaturated/α-hetero) is 1. The standard InChI is InChI=1S/C20H25F2N3.C3H6O.C2H6/c1-3-4-5-6-7-8-16-9-12-18(13-10-16)24-25-19-14-11-17(15-23-19)20(2,21)22;1-3(2)4;1-2/h9-15H,3-8H2,1-2H3;1-2H3;1-2H3. The van der Waals surface area contributed by atoms with Crippen molar-refractivity contribution in [3.05, 3.63) is 53.7 Å². The molecule has 1 heterocycles. The fraction of sp³-hybridized carbons (Fsp3) is 0.520.